The third-order valence-electron chi connectivity index (χ3n) is 3.10. The van der Waals surface area contributed by atoms with E-state index in [1.54, 1.807) is 11.2 Å². The van der Waals surface area contributed by atoms with Crippen molar-refractivity contribution < 1.29 is 0 Å². The maximum absolute atomic E-state index is 6.19. The van der Waals surface area contributed by atoms with E-state index in [4.69, 9.17) is 23.2 Å². The van der Waals surface area contributed by atoms with Crippen molar-refractivity contribution in [2.45, 2.75) is 24.9 Å². The third kappa shape index (κ3) is 2.96. The van der Waals surface area contributed by atoms with Crippen LogP contribution in [0.4, 0.5) is 0 Å². The van der Waals surface area contributed by atoms with Gasteiger partial charge in [-0.3, -0.25) is 0 Å². The average molecular weight is 267 g/mol. The monoisotopic (exact) mass is 266 g/mol. The lowest BCUT2D eigenvalue weighted by molar-refractivity contribution is 0.376. The molecule has 1 saturated carbocycles. The second-order valence-corrected chi connectivity index (χ2v) is 4.96. The molecule has 1 aliphatic rings. The van der Waals surface area contributed by atoms with Gasteiger partial charge >= 0.3 is 0 Å². The second kappa shape index (κ2) is 5.61. The van der Waals surface area contributed by atoms with Gasteiger partial charge in [-0.05, 0) is 31.5 Å². The zero-order valence-corrected chi connectivity index (χ0v) is 11.2. The number of hydrogen-bond donors (Lipinski definition) is 3. The van der Waals surface area contributed by atoms with Crippen molar-refractivity contribution in [2.24, 2.45) is 11.6 Å². The van der Waals surface area contributed by atoms with Gasteiger partial charge in [-0.25, -0.2) is 5.84 Å². The normalized spacial score (nSPS) is 17.6. The highest BCUT2D eigenvalue weighted by Gasteiger charge is 2.26. The molecule has 1 fully saturated rings. The Hall–Kier alpha value is -1.23. The fourth-order valence-electron chi connectivity index (χ4n) is 1.94. The summed E-state index contributed by atoms with van der Waals surface area (Å²) in [5.74, 6) is 5.90. The molecule has 0 heterocycles. The molecule has 1 unspecified atom stereocenters. The van der Waals surface area contributed by atoms with Crippen LogP contribution in [-0.2, 0) is 0 Å². The van der Waals surface area contributed by atoms with Crippen molar-refractivity contribution in [1.82, 2.24) is 10.3 Å². The summed E-state index contributed by atoms with van der Waals surface area (Å²) in [6, 6.07) is 7.98. The number of nitrogens with zero attached hydrogens (tertiary/aromatic N) is 1. The van der Waals surface area contributed by atoms with Gasteiger partial charge in [-0.2, -0.15) is 0 Å². The molecule has 0 aromatic heterocycles. The van der Waals surface area contributed by atoms with Crippen LogP contribution in [0.2, 0.25) is 5.02 Å². The Morgan fingerprint density at radius 2 is 2.17 bits per heavy atom. The molecule has 1 aliphatic carbocycles. The van der Waals surface area contributed by atoms with Gasteiger partial charge in [0.05, 0.1) is 6.04 Å². The summed E-state index contributed by atoms with van der Waals surface area (Å²) in [6.07, 6.45) is 4.06. The highest BCUT2D eigenvalue weighted by molar-refractivity contribution is 6.31. The van der Waals surface area contributed by atoms with Crippen molar-refractivity contribution in [1.29, 1.82) is 0 Å². The number of rotatable bonds is 5. The molecule has 0 aliphatic heterocycles. The van der Waals surface area contributed by atoms with E-state index in [0.29, 0.717) is 16.8 Å². The van der Waals surface area contributed by atoms with Gasteiger partial charge in [-0.1, -0.05) is 29.8 Å². The number of hydrogen-bond acceptors (Lipinski definition) is 4. The van der Waals surface area contributed by atoms with Crippen LogP contribution in [0.1, 0.15) is 24.4 Å². The van der Waals surface area contributed by atoms with Gasteiger partial charge in [0.25, 0.3) is 0 Å². The summed E-state index contributed by atoms with van der Waals surface area (Å²) < 4.78 is 0. The van der Waals surface area contributed by atoms with Crippen molar-refractivity contribution in [3.05, 3.63) is 46.7 Å². The standard InChI is InChI=1S/C13H19ClN4/c1-17-13(10-4-2-3-5-11(10)14)12(15)8-18(16)9-6-7-9/h2-5,8-9,13,17H,6-7,15-16H2,1H3/b12-8-. The number of nitrogens with two attached hydrogens (primary N) is 2. The first-order chi connectivity index (χ1) is 8.63. The number of halogens is 1. The molecular weight excluding hydrogens is 248 g/mol. The lowest BCUT2D eigenvalue weighted by atomic mass is 10.0. The lowest BCUT2D eigenvalue weighted by Gasteiger charge is -2.21. The van der Waals surface area contributed by atoms with Crippen LogP contribution in [-0.4, -0.2) is 18.1 Å². The predicted octanol–water partition coefficient (Wildman–Crippen LogP) is 1.74. The highest BCUT2D eigenvalue weighted by Crippen LogP contribution is 2.28. The van der Waals surface area contributed by atoms with E-state index in [1.807, 2.05) is 31.3 Å². The van der Waals surface area contributed by atoms with Crippen LogP contribution >= 0.6 is 11.6 Å². The SMILES string of the molecule is CNC(/C(N)=C/N(N)C1CC1)c1ccccc1Cl. The van der Waals surface area contributed by atoms with Gasteiger partial charge in [-0.15, -0.1) is 0 Å². The third-order valence-corrected chi connectivity index (χ3v) is 3.45. The van der Waals surface area contributed by atoms with E-state index in [9.17, 15) is 0 Å². The van der Waals surface area contributed by atoms with Gasteiger partial charge < -0.3 is 16.1 Å². The second-order valence-electron chi connectivity index (χ2n) is 4.55. The minimum atomic E-state index is -0.122. The molecule has 0 radical (unpaired) electrons. The topological polar surface area (TPSA) is 67.3 Å². The van der Waals surface area contributed by atoms with E-state index < -0.39 is 0 Å². The molecule has 18 heavy (non-hydrogen) atoms. The van der Waals surface area contributed by atoms with Crippen LogP contribution in [0, 0.1) is 0 Å². The number of nitrogens with one attached hydrogen (secondary N) is 1. The first kappa shape index (κ1) is 13.2. The summed E-state index contributed by atoms with van der Waals surface area (Å²) in [5, 5.41) is 5.55. The number of likely N-dealkylation sites (N-methyl/N-ethyl adjacent to an activating group) is 1. The molecule has 0 saturated heterocycles. The van der Waals surface area contributed by atoms with E-state index in [-0.39, 0.29) is 6.04 Å². The summed E-state index contributed by atoms with van der Waals surface area (Å²) in [4.78, 5) is 0. The summed E-state index contributed by atoms with van der Waals surface area (Å²) in [5.41, 5.74) is 7.74. The first-order valence-corrected chi connectivity index (χ1v) is 6.43. The molecule has 0 bridgehead atoms. The van der Waals surface area contributed by atoms with Crippen molar-refractivity contribution in [2.75, 3.05) is 7.05 Å². The molecule has 4 nitrogen and oxygen atoms in total. The maximum atomic E-state index is 6.19. The Morgan fingerprint density at radius 3 is 2.72 bits per heavy atom. The smallest absolute Gasteiger partial charge is 0.0751 e. The van der Waals surface area contributed by atoms with Gasteiger partial charge in [0.15, 0.2) is 0 Å². The van der Waals surface area contributed by atoms with E-state index in [0.717, 1.165) is 18.4 Å². The quantitative estimate of drug-likeness (QED) is 0.561. The molecule has 1 atom stereocenters. The molecule has 5 heteroatoms. The average Bonchev–Trinajstić information content (AvgIpc) is 3.16. The van der Waals surface area contributed by atoms with E-state index >= 15 is 0 Å². The van der Waals surface area contributed by atoms with Crippen molar-refractivity contribution in [3.8, 4) is 0 Å². The minimum Gasteiger partial charge on any atom is -0.399 e. The van der Waals surface area contributed by atoms with Gasteiger partial charge in [0.1, 0.15) is 0 Å². The molecule has 0 amide bonds. The summed E-state index contributed by atoms with van der Waals surface area (Å²) >= 11 is 6.19. The van der Waals surface area contributed by atoms with Crippen LogP contribution in [0.15, 0.2) is 36.2 Å². The maximum Gasteiger partial charge on any atom is 0.0751 e. The highest BCUT2D eigenvalue weighted by atomic mass is 35.5. The molecule has 1 aromatic carbocycles. The Bertz CT molecular complexity index is 442. The number of hydrazine groups is 1. The fourth-order valence-corrected chi connectivity index (χ4v) is 2.18. The van der Waals surface area contributed by atoms with Gasteiger partial charge in [0.2, 0.25) is 0 Å². The molecular formula is C13H19ClN4. The molecule has 2 rings (SSSR count). The Morgan fingerprint density at radius 1 is 1.50 bits per heavy atom. The number of benzene rings is 1. The van der Waals surface area contributed by atoms with E-state index in [2.05, 4.69) is 5.32 Å². The van der Waals surface area contributed by atoms with E-state index in [1.165, 1.54) is 0 Å². The van der Waals surface area contributed by atoms with Crippen LogP contribution in [0.25, 0.3) is 0 Å². The Labute approximate surface area is 113 Å². The Kier molecular flexibility index (Phi) is 4.11. The molecule has 1 aromatic rings. The van der Waals surface area contributed by atoms with Crippen LogP contribution in [0.3, 0.4) is 0 Å². The molecule has 98 valence electrons. The van der Waals surface area contributed by atoms with Crippen LogP contribution in [0.5, 0.6) is 0 Å². The largest absolute Gasteiger partial charge is 0.399 e. The van der Waals surface area contributed by atoms with Crippen molar-refractivity contribution in [3.63, 3.8) is 0 Å². The Balaban J connectivity index is 2.19. The molecule has 5 N–H and O–H groups in total. The molecule has 0 spiro atoms. The van der Waals surface area contributed by atoms with Crippen LogP contribution < -0.4 is 16.9 Å². The van der Waals surface area contributed by atoms with Crippen molar-refractivity contribution >= 4 is 11.6 Å². The first-order valence-electron chi connectivity index (χ1n) is 6.05. The lowest BCUT2D eigenvalue weighted by Crippen LogP contribution is -2.31. The predicted molar refractivity (Wildman–Crippen MR) is 74.6 cm³/mol. The van der Waals surface area contributed by atoms with Gasteiger partial charge in [0, 0.05) is 23.0 Å². The summed E-state index contributed by atoms with van der Waals surface area (Å²) in [7, 11) is 1.85. The minimum absolute atomic E-state index is 0.122. The summed E-state index contributed by atoms with van der Waals surface area (Å²) in [6.45, 7) is 0. The zero-order valence-electron chi connectivity index (χ0n) is 10.4. The zero-order chi connectivity index (χ0) is 13.1. The fraction of sp³-hybridized carbons (Fsp3) is 0.385.